The summed E-state index contributed by atoms with van der Waals surface area (Å²) < 4.78 is 1.44. The van der Waals surface area contributed by atoms with Crippen LogP contribution in [0.1, 0.15) is 29.6 Å². The van der Waals surface area contributed by atoms with Crippen molar-refractivity contribution in [3.63, 3.8) is 0 Å². The second-order valence-corrected chi connectivity index (χ2v) is 5.03. The Morgan fingerprint density at radius 2 is 2.20 bits per heavy atom. The molecule has 0 saturated heterocycles. The average molecular weight is 273 g/mol. The summed E-state index contributed by atoms with van der Waals surface area (Å²) in [6.07, 6.45) is 3.92. The van der Waals surface area contributed by atoms with Gasteiger partial charge in [-0.25, -0.2) is 0 Å². The smallest absolute Gasteiger partial charge is 0.253 e. The van der Waals surface area contributed by atoms with Gasteiger partial charge < -0.3 is 10.4 Å². The highest BCUT2D eigenvalue weighted by atomic mass is 16.3. The van der Waals surface area contributed by atoms with Crippen molar-refractivity contribution in [3.05, 3.63) is 36.2 Å². The number of benzene rings is 1. The van der Waals surface area contributed by atoms with Crippen molar-refractivity contribution >= 4 is 5.91 Å². The highest BCUT2D eigenvalue weighted by Gasteiger charge is 2.34. The second kappa shape index (κ2) is 5.01. The molecule has 7 nitrogen and oxygen atoms in total. The standard InChI is InChI=1S/C13H15N5O2/c19-12(14-8-13(20)6-3-7-13)10-4-1-2-5-11(10)18-9-15-16-17-18/h1-2,4-5,9,20H,3,6-8H2,(H,14,19). The Labute approximate surface area is 115 Å². The van der Waals surface area contributed by atoms with Crippen LogP contribution in [-0.4, -0.2) is 43.4 Å². The van der Waals surface area contributed by atoms with Gasteiger partial charge in [0.2, 0.25) is 0 Å². The maximum atomic E-state index is 12.2. The minimum Gasteiger partial charge on any atom is -0.388 e. The quantitative estimate of drug-likeness (QED) is 0.836. The molecule has 0 unspecified atom stereocenters. The Bertz CT molecular complexity index is 607. The fourth-order valence-electron chi connectivity index (χ4n) is 2.24. The molecule has 0 spiro atoms. The molecule has 1 aromatic carbocycles. The Balaban J connectivity index is 1.78. The SMILES string of the molecule is O=C(NCC1(O)CCC1)c1ccccc1-n1cnnn1. The summed E-state index contributed by atoms with van der Waals surface area (Å²) >= 11 is 0. The molecule has 1 aliphatic rings. The van der Waals surface area contributed by atoms with Gasteiger partial charge in [0, 0.05) is 6.54 Å². The number of amides is 1. The van der Waals surface area contributed by atoms with Gasteiger partial charge in [-0.3, -0.25) is 4.79 Å². The van der Waals surface area contributed by atoms with Gasteiger partial charge in [0.15, 0.2) is 0 Å². The molecule has 20 heavy (non-hydrogen) atoms. The van der Waals surface area contributed by atoms with Crippen molar-refractivity contribution in [3.8, 4) is 5.69 Å². The maximum absolute atomic E-state index is 12.2. The van der Waals surface area contributed by atoms with Crippen LogP contribution in [0.25, 0.3) is 5.69 Å². The van der Waals surface area contributed by atoms with Gasteiger partial charge in [-0.1, -0.05) is 12.1 Å². The van der Waals surface area contributed by atoms with Crippen molar-refractivity contribution in [1.82, 2.24) is 25.5 Å². The Morgan fingerprint density at radius 1 is 1.40 bits per heavy atom. The van der Waals surface area contributed by atoms with Crippen molar-refractivity contribution in [2.24, 2.45) is 0 Å². The van der Waals surface area contributed by atoms with Crippen molar-refractivity contribution in [1.29, 1.82) is 0 Å². The average Bonchev–Trinajstić information content (AvgIpc) is 2.96. The molecule has 1 aromatic heterocycles. The molecule has 2 aromatic rings. The van der Waals surface area contributed by atoms with Gasteiger partial charge in [0.05, 0.1) is 16.9 Å². The van der Waals surface area contributed by atoms with Gasteiger partial charge in [0.25, 0.3) is 5.91 Å². The van der Waals surface area contributed by atoms with Crippen LogP contribution in [0.4, 0.5) is 0 Å². The molecule has 3 rings (SSSR count). The molecular formula is C13H15N5O2. The van der Waals surface area contributed by atoms with Gasteiger partial charge in [-0.15, -0.1) is 5.10 Å². The van der Waals surface area contributed by atoms with Crippen LogP contribution in [-0.2, 0) is 0 Å². The number of tetrazole rings is 1. The van der Waals surface area contributed by atoms with Crippen LogP contribution < -0.4 is 5.32 Å². The van der Waals surface area contributed by atoms with Gasteiger partial charge in [-0.2, -0.15) is 4.68 Å². The number of carbonyl (C=O) groups is 1. The number of nitrogens with one attached hydrogen (secondary N) is 1. The van der Waals surface area contributed by atoms with E-state index in [2.05, 4.69) is 20.8 Å². The number of aliphatic hydroxyl groups is 1. The highest BCUT2D eigenvalue weighted by molar-refractivity contribution is 5.97. The minimum atomic E-state index is -0.737. The topological polar surface area (TPSA) is 92.9 Å². The van der Waals surface area contributed by atoms with Gasteiger partial charge in [0.1, 0.15) is 6.33 Å². The maximum Gasteiger partial charge on any atom is 0.253 e. The van der Waals surface area contributed by atoms with Crippen LogP contribution >= 0.6 is 0 Å². The van der Waals surface area contributed by atoms with Crippen molar-refractivity contribution < 1.29 is 9.90 Å². The first-order chi connectivity index (χ1) is 9.68. The molecule has 1 amide bonds. The lowest BCUT2D eigenvalue weighted by Gasteiger charge is -2.36. The zero-order valence-electron chi connectivity index (χ0n) is 10.9. The third kappa shape index (κ3) is 2.39. The van der Waals surface area contributed by atoms with E-state index in [1.807, 2.05) is 6.07 Å². The Hall–Kier alpha value is -2.28. The van der Waals surface area contributed by atoms with E-state index in [0.29, 0.717) is 11.3 Å². The lowest BCUT2D eigenvalue weighted by molar-refractivity contribution is -0.0300. The first kappa shape index (κ1) is 12.7. The van der Waals surface area contributed by atoms with Crippen LogP contribution in [0.3, 0.4) is 0 Å². The second-order valence-electron chi connectivity index (χ2n) is 5.03. The van der Waals surface area contributed by atoms with Crippen molar-refractivity contribution in [2.75, 3.05) is 6.54 Å². The predicted octanol–water partition coefficient (Wildman–Crippen LogP) is 0.307. The lowest BCUT2D eigenvalue weighted by atomic mass is 9.80. The number of carbonyl (C=O) groups excluding carboxylic acids is 1. The molecule has 7 heteroatoms. The first-order valence-corrected chi connectivity index (χ1v) is 6.51. The number of rotatable bonds is 4. The fourth-order valence-corrected chi connectivity index (χ4v) is 2.24. The highest BCUT2D eigenvalue weighted by Crippen LogP contribution is 2.30. The van der Waals surface area contributed by atoms with E-state index in [4.69, 9.17) is 0 Å². The number of hydrogen-bond acceptors (Lipinski definition) is 5. The van der Waals surface area contributed by atoms with Crippen LogP contribution in [0.5, 0.6) is 0 Å². The number of aromatic nitrogens is 4. The van der Waals surface area contributed by atoms with E-state index in [0.717, 1.165) is 19.3 Å². The van der Waals surface area contributed by atoms with Crippen LogP contribution in [0.15, 0.2) is 30.6 Å². The zero-order chi connectivity index (χ0) is 14.0. The first-order valence-electron chi connectivity index (χ1n) is 6.51. The number of nitrogens with zero attached hydrogens (tertiary/aromatic N) is 4. The molecule has 1 saturated carbocycles. The molecule has 1 heterocycles. The lowest BCUT2D eigenvalue weighted by Crippen LogP contribution is -2.47. The van der Waals surface area contributed by atoms with E-state index < -0.39 is 5.60 Å². The minimum absolute atomic E-state index is 0.239. The fraction of sp³-hybridized carbons (Fsp3) is 0.385. The largest absolute Gasteiger partial charge is 0.388 e. The third-order valence-corrected chi connectivity index (χ3v) is 3.61. The van der Waals surface area contributed by atoms with E-state index in [1.54, 1.807) is 18.2 Å². The zero-order valence-corrected chi connectivity index (χ0v) is 10.9. The molecule has 0 radical (unpaired) electrons. The van der Waals surface area contributed by atoms with Crippen LogP contribution in [0.2, 0.25) is 0 Å². The predicted molar refractivity (Wildman–Crippen MR) is 70.3 cm³/mol. The molecule has 0 atom stereocenters. The number of hydrogen-bond donors (Lipinski definition) is 2. The summed E-state index contributed by atoms with van der Waals surface area (Å²) in [5, 5.41) is 23.7. The number of para-hydroxylation sites is 1. The normalized spacial score (nSPS) is 16.4. The summed E-state index contributed by atoms with van der Waals surface area (Å²) in [6.45, 7) is 0.274. The summed E-state index contributed by atoms with van der Waals surface area (Å²) in [5.41, 5.74) is 0.345. The Kier molecular flexibility index (Phi) is 3.19. The molecular weight excluding hydrogens is 258 g/mol. The van der Waals surface area contributed by atoms with E-state index in [-0.39, 0.29) is 12.5 Å². The Morgan fingerprint density at radius 3 is 2.85 bits per heavy atom. The van der Waals surface area contributed by atoms with Gasteiger partial charge in [-0.05, 0) is 41.8 Å². The molecule has 1 aliphatic carbocycles. The summed E-state index contributed by atoms with van der Waals surface area (Å²) in [6, 6.07) is 7.06. The molecule has 0 bridgehead atoms. The molecule has 1 fully saturated rings. The monoisotopic (exact) mass is 273 g/mol. The molecule has 2 N–H and O–H groups in total. The van der Waals surface area contributed by atoms with Crippen molar-refractivity contribution in [2.45, 2.75) is 24.9 Å². The molecule has 0 aliphatic heterocycles. The summed E-state index contributed by atoms with van der Waals surface area (Å²) in [4.78, 5) is 12.2. The summed E-state index contributed by atoms with van der Waals surface area (Å²) in [7, 11) is 0. The van der Waals surface area contributed by atoms with E-state index in [9.17, 15) is 9.90 Å². The van der Waals surface area contributed by atoms with Gasteiger partial charge >= 0.3 is 0 Å². The van der Waals surface area contributed by atoms with E-state index >= 15 is 0 Å². The third-order valence-electron chi connectivity index (χ3n) is 3.61. The van der Waals surface area contributed by atoms with Crippen LogP contribution in [0, 0.1) is 0 Å². The summed E-state index contributed by atoms with van der Waals surface area (Å²) in [5.74, 6) is -0.239. The molecule has 104 valence electrons. The van der Waals surface area contributed by atoms with E-state index in [1.165, 1.54) is 11.0 Å².